The van der Waals surface area contributed by atoms with Crippen molar-refractivity contribution >= 4 is 22.7 Å². The Morgan fingerprint density at radius 2 is 1.76 bits per heavy atom. The summed E-state index contributed by atoms with van der Waals surface area (Å²) < 4.78 is 13.8. The number of fused-ring (bicyclic) bond motifs is 5. The van der Waals surface area contributed by atoms with Crippen LogP contribution >= 0.6 is 0 Å². The smallest absolute Gasteiger partial charge is 0.251 e. The van der Waals surface area contributed by atoms with Gasteiger partial charge in [0.1, 0.15) is 5.75 Å². The van der Waals surface area contributed by atoms with Crippen molar-refractivity contribution < 1.29 is 19.1 Å². The molecule has 0 radical (unpaired) electrons. The number of aromatic nitrogens is 1. The first-order valence-electron chi connectivity index (χ1n) is 15.3. The molecule has 1 aliphatic carbocycles. The number of nitrogens with one attached hydrogen (secondary N) is 1. The van der Waals surface area contributed by atoms with Crippen LogP contribution in [0, 0.1) is 5.92 Å². The highest BCUT2D eigenvalue weighted by Gasteiger charge is 2.34. The summed E-state index contributed by atoms with van der Waals surface area (Å²) in [5.74, 6) is 0.992. The van der Waals surface area contributed by atoms with Crippen LogP contribution in [-0.4, -0.2) is 87.8 Å². The summed E-state index contributed by atoms with van der Waals surface area (Å²) in [6.45, 7) is 3.09. The van der Waals surface area contributed by atoms with Crippen molar-refractivity contribution in [2.45, 2.75) is 51.0 Å². The largest absolute Gasteiger partial charge is 0.497 e. The van der Waals surface area contributed by atoms with E-state index in [4.69, 9.17) is 9.47 Å². The summed E-state index contributed by atoms with van der Waals surface area (Å²) in [6, 6.07) is 12.4. The third-order valence-electron chi connectivity index (χ3n) is 9.02. The Kier molecular flexibility index (Phi) is 9.53. The highest BCUT2D eigenvalue weighted by Crippen LogP contribution is 2.47. The molecule has 0 spiro atoms. The van der Waals surface area contributed by atoms with Gasteiger partial charge in [-0.3, -0.25) is 9.59 Å². The van der Waals surface area contributed by atoms with E-state index in [-0.39, 0.29) is 17.7 Å². The average molecular weight is 575 g/mol. The van der Waals surface area contributed by atoms with Gasteiger partial charge in [0, 0.05) is 55.8 Å². The monoisotopic (exact) mass is 574 g/mol. The Morgan fingerprint density at radius 3 is 2.48 bits per heavy atom. The number of methoxy groups -OCH3 is 1. The van der Waals surface area contributed by atoms with Crippen LogP contribution in [0.3, 0.4) is 0 Å². The molecule has 8 nitrogen and oxygen atoms in total. The van der Waals surface area contributed by atoms with Crippen LogP contribution in [0.4, 0.5) is 0 Å². The SMILES string of the molecule is CNC(=O)c1ccc2c(C3CCCCC3)c3n(c2c1)C[C@H](C(=O)N(C)CCOCCN(C)C)Cc1cc(OC)ccc1-3. The van der Waals surface area contributed by atoms with Crippen molar-refractivity contribution in [2.24, 2.45) is 5.92 Å². The maximum atomic E-state index is 14.0. The second kappa shape index (κ2) is 13.3. The molecule has 1 fully saturated rings. The Bertz CT molecular complexity index is 1420. The third-order valence-corrected chi connectivity index (χ3v) is 9.02. The number of likely N-dealkylation sites (N-methyl/N-ethyl adjacent to an activating group) is 2. The molecule has 1 saturated carbocycles. The van der Waals surface area contributed by atoms with E-state index in [1.807, 2.05) is 44.2 Å². The molecular weight excluding hydrogens is 528 g/mol. The number of carbonyl (C=O) groups is 2. The number of hydrogen-bond acceptors (Lipinski definition) is 5. The van der Waals surface area contributed by atoms with Gasteiger partial charge in [0.05, 0.1) is 31.9 Å². The molecule has 2 aromatic carbocycles. The number of benzene rings is 2. The molecule has 2 heterocycles. The molecule has 2 aliphatic rings. The summed E-state index contributed by atoms with van der Waals surface area (Å²) in [4.78, 5) is 30.6. The molecule has 42 heavy (non-hydrogen) atoms. The van der Waals surface area contributed by atoms with Gasteiger partial charge in [0.25, 0.3) is 5.91 Å². The van der Waals surface area contributed by atoms with Gasteiger partial charge in [-0.05, 0) is 80.7 Å². The van der Waals surface area contributed by atoms with Gasteiger partial charge in [-0.25, -0.2) is 0 Å². The molecule has 2 amide bonds. The number of amides is 2. The van der Waals surface area contributed by atoms with Crippen LogP contribution in [0.2, 0.25) is 0 Å². The van der Waals surface area contributed by atoms with Gasteiger partial charge in [0.2, 0.25) is 5.91 Å². The summed E-state index contributed by atoms with van der Waals surface area (Å²) in [7, 11) is 9.27. The van der Waals surface area contributed by atoms with Crippen molar-refractivity contribution in [1.29, 1.82) is 0 Å². The number of hydrogen-bond donors (Lipinski definition) is 1. The van der Waals surface area contributed by atoms with Crippen LogP contribution in [0.1, 0.15) is 59.5 Å². The molecule has 5 rings (SSSR count). The van der Waals surface area contributed by atoms with Crippen LogP contribution in [-0.2, 0) is 22.5 Å². The van der Waals surface area contributed by atoms with E-state index < -0.39 is 0 Å². The topological polar surface area (TPSA) is 76.0 Å². The second-order valence-corrected chi connectivity index (χ2v) is 12.1. The quantitative estimate of drug-likeness (QED) is 0.348. The van der Waals surface area contributed by atoms with Crippen LogP contribution in [0.5, 0.6) is 5.75 Å². The molecule has 1 aromatic heterocycles. The van der Waals surface area contributed by atoms with Gasteiger partial charge in [0.15, 0.2) is 0 Å². The maximum Gasteiger partial charge on any atom is 0.251 e. The highest BCUT2D eigenvalue weighted by molar-refractivity contribution is 6.01. The van der Waals surface area contributed by atoms with Crippen LogP contribution < -0.4 is 10.1 Å². The van der Waals surface area contributed by atoms with Crippen molar-refractivity contribution in [3.63, 3.8) is 0 Å². The van der Waals surface area contributed by atoms with Crippen molar-refractivity contribution in [3.8, 4) is 17.0 Å². The first kappa shape index (κ1) is 30.1. The van der Waals surface area contributed by atoms with Crippen molar-refractivity contribution in [3.05, 3.63) is 53.1 Å². The van der Waals surface area contributed by atoms with Gasteiger partial charge >= 0.3 is 0 Å². The minimum Gasteiger partial charge on any atom is -0.497 e. The number of ether oxygens (including phenoxy) is 2. The molecule has 1 atom stereocenters. The maximum absolute atomic E-state index is 14.0. The summed E-state index contributed by atoms with van der Waals surface area (Å²) in [5.41, 5.74) is 6.54. The van der Waals surface area contributed by atoms with E-state index in [1.54, 1.807) is 14.2 Å². The molecular formula is C34H46N4O4. The molecule has 0 unspecified atom stereocenters. The molecule has 3 aromatic rings. The Morgan fingerprint density at radius 1 is 1.00 bits per heavy atom. The molecule has 0 saturated heterocycles. The fourth-order valence-electron chi connectivity index (χ4n) is 6.73. The zero-order valence-electron chi connectivity index (χ0n) is 25.9. The summed E-state index contributed by atoms with van der Waals surface area (Å²) in [5, 5.41) is 3.97. The molecule has 8 heteroatoms. The lowest BCUT2D eigenvalue weighted by atomic mass is 9.81. The minimum absolute atomic E-state index is 0.105. The molecule has 226 valence electrons. The lowest BCUT2D eigenvalue weighted by molar-refractivity contribution is -0.135. The molecule has 1 aliphatic heterocycles. The Hall–Kier alpha value is -3.36. The van der Waals surface area contributed by atoms with E-state index in [9.17, 15) is 9.59 Å². The van der Waals surface area contributed by atoms with E-state index in [0.717, 1.165) is 36.2 Å². The fourth-order valence-corrected chi connectivity index (χ4v) is 6.73. The van der Waals surface area contributed by atoms with E-state index in [0.29, 0.717) is 44.2 Å². The minimum atomic E-state index is -0.262. The summed E-state index contributed by atoms with van der Waals surface area (Å²) in [6.07, 6.45) is 6.68. The number of nitrogens with zero attached hydrogens (tertiary/aromatic N) is 3. The highest BCUT2D eigenvalue weighted by atomic mass is 16.5. The van der Waals surface area contributed by atoms with E-state index in [1.165, 1.54) is 41.5 Å². The predicted molar refractivity (Wildman–Crippen MR) is 167 cm³/mol. The third kappa shape index (κ3) is 6.20. The lowest BCUT2D eigenvalue weighted by Gasteiger charge is -2.24. The first-order valence-corrected chi connectivity index (χ1v) is 15.3. The predicted octanol–water partition coefficient (Wildman–Crippen LogP) is 4.93. The lowest BCUT2D eigenvalue weighted by Crippen LogP contribution is -2.38. The summed E-state index contributed by atoms with van der Waals surface area (Å²) >= 11 is 0. The van der Waals surface area contributed by atoms with Crippen molar-refractivity contribution in [1.82, 2.24) is 19.7 Å². The molecule has 0 bridgehead atoms. The standard InChI is InChI=1S/C34H46N4O4/c1-35-33(39)24-11-13-29-30(21-24)38-22-26(34(40)37(4)16-18-42-17-15-36(2)3)19-25-20-27(41-5)12-14-28(25)32(38)31(29)23-9-7-6-8-10-23/h11-14,20-21,23,26H,6-10,15-19,22H2,1-5H3,(H,35,39)/t26-/m1/s1. The van der Waals surface area contributed by atoms with Gasteiger partial charge in [-0.2, -0.15) is 0 Å². The van der Waals surface area contributed by atoms with Gasteiger partial charge < -0.3 is 29.2 Å². The van der Waals surface area contributed by atoms with E-state index >= 15 is 0 Å². The van der Waals surface area contributed by atoms with Gasteiger partial charge in [-0.1, -0.05) is 25.3 Å². The number of rotatable bonds is 10. The Labute approximate surface area is 249 Å². The average Bonchev–Trinajstić information content (AvgIpc) is 3.22. The van der Waals surface area contributed by atoms with Crippen molar-refractivity contribution in [2.75, 3.05) is 61.6 Å². The number of carbonyl (C=O) groups excluding carboxylic acids is 2. The van der Waals surface area contributed by atoms with Crippen LogP contribution in [0.15, 0.2) is 36.4 Å². The van der Waals surface area contributed by atoms with E-state index in [2.05, 4.69) is 33.0 Å². The fraction of sp³-hybridized carbons (Fsp3) is 0.529. The molecule has 1 N–H and O–H groups in total. The zero-order chi connectivity index (χ0) is 29.8. The second-order valence-electron chi connectivity index (χ2n) is 12.1. The zero-order valence-corrected chi connectivity index (χ0v) is 25.9. The van der Waals surface area contributed by atoms with Crippen LogP contribution in [0.25, 0.3) is 22.2 Å². The van der Waals surface area contributed by atoms with Gasteiger partial charge in [-0.15, -0.1) is 0 Å². The normalized spacial score (nSPS) is 17.0. The first-order chi connectivity index (χ1) is 20.3. The Balaban J connectivity index is 1.59.